The second-order valence-corrected chi connectivity index (χ2v) is 7.09. The van der Waals surface area contributed by atoms with E-state index in [0.717, 1.165) is 37.1 Å². The number of hydrogen-bond donors (Lipinski definition) is 2. The van der Waals surface area contributed by atoms with Crippen LogP contribution < -0.4 is 16.2 Å². The lowest BCUT2D eigenvalue weighted by molar-refractivity contribution is 0.576. The van der Waals surface area contributed by atoms with Crippen LogP contribution in [0.3, 0.4) is 0 Å². The van der Waals surface area contributed by atoms with E-state index in [2.05, 4.69) is 21.9 Å². The van der Waals surface area contributed by atoms with Gasteiger partial charge in [0.15, 0.2) is 5.96 Å². The fourth-order valence-corrected chi connectivity index (χ4v) is 3.73. The summed E-state index contributed by atoms with van der Waals surface area (Å²) in [4.78, 5) is 15.9. The van der Waals surface area contributed by atoms with Gasteiger partial charge in [-0.2, -0.15) is 11.8 Å². The molecule has 1 fully saturated rings. The molecule has 1 saturated carbocycles. The SMILES string of the molecule is CN=C(NCCCCn1ccccc1=O)NC1CCC(SC)C1. The third-order valence-electron chi connectivity index (χ3n) is 4.30. The maximum Gasteiger partial charge on any atom is 0.250 e. The molecule has 1 heterocycles. The number of aryl methyl sites for hydroxylation is 1. The van der Waals surface area contributed by atoms with E-state index in [0.29, 0.717) is 6.04 Å². The van der Waals surface area contributed by atoms with Crippen LogP contribution in [0.1, 0.15) is 32.1 Å². The van der Waals surface area contributed by atoms with Crippen molar-refractivity contribution in [2.24, 2.45) is 4.99 Å². The molecule has 0 radical (unpaired) electrons. The quantitative estimate of drug-likeness (QED) is 0.455. The highest BCUT2D eigenvalue weighted by Gasteiger charge is 2.24. The molecular formula is C17H28N4OS. The molecule has 128 valence electrons. The number of thioether (sulfide) groups is 1. The van der Waals surface area contributed by atoms with Crippen molar-refractivity contribution >= 4 is 17.7 Å². The van der Waals surface area contributed by atoms with Crippen LogP contribution >= 0.6 is 11.8 Å². The third kappa shape index (κ3) is 5.94. The molecule has 1 aliphatic carbocycles. The van der Waals surface area contributed by atoms with Crippen LogP contribution in [-0.4, -0.2) is 41.7 Å². The number of hydrogen-bond acceptors (Lipinski definition) is 3. The first-order chi connectivity index (χ1) is 11.2. The van der Waals surface area contributed by atoms with Crippen molar-refractivity contribution in [2.45, 2.75) is 49.9 Å². The Balaban J connectivity index is 1.63. The average molecular weight is 337 g/mol. The zero-order valence-corrected chi connectivity index (χ0v) is 14.9. The number of unbranched alkanes of at least 4 members (excludes halogenated alkanes) is 1. The van der Waals surface area contributed by atoms with E-state index in [1.807, 2.05) is 31.1 Å². The van der Waals surface area contributed by atoms with Gasteiger partial charge in [-0.1, -0.05) is 6.07 Å². The van der Waals surface area contributed by atoms with Crippen LogP contribution in [0.5, 0.6) is 0 Å². The van der Waals surface area contributed by atoms with Gasteiger partial charge in [0, 0.05) is 43.7 Å². The van der Waals surface area contributed by atoms with Gasteiger partial charge < -0.3 is 15.2 Å². The van der Waals surface area contributed by atoms with Crippen molar-refractivity contribution in [2.75, 3.05) is 19.8 Å². The smallest absolute Gasteiger partial charge is 0.250 e. The van der Waals surface area contributed by atoms with Gasteiger partial charge in [0.1, 0.15) is 0 Å². The molecule has 0 bridgehead atoms. The molecule has 0 amide bonds. The second-order valence-electron chi connectivity index (χ2n) is 5.95. The number of aliphatic imine (C=N–C) groups is 1. The van der Waals surface area contributed by atoms with Gasteiger partial charge >= 0.3 is 0 Å². The fourth-order valence-electron chi connectivity index (χ4n) is 2.93. The topological polar surface area (TPSA) is 58.4 Å². The zero-order valence-electron chi connectivity index (χ0n) is 14.1. The Morgan fingerprint density at radius 1 is 1.39 bits per heavy atom. The molecule has 1 aromatic rings. The van der Waals surface area contributed by atoms with E-state index in [-0.39, 0.29) is 5.56 Å². The average Bonchev–Trinajstić information content (AvgIpc) is 3.02. The number of guanidine groups is 1. The number of aromatic nitrogens is 1. The highest BCUT2D eigenvalue weighted by molar-refractivity contribution is 7.99. The summed E-state index contributed by atoms with van der Waals surface area (Å²) in [6, 6.07) is 5.82. The summed E-state index contributed by atoms with van der Waals surface area (Å²) in [5.41, 5.74) is 0.0718. The summed E-state index contributed by atoms with van der Waals surface area (Å²) in [5.74, 6) is 0.897. The first-order valence-electron chi connectivity index (χ1n) is 8.38. The van der Waals surface area contributed by atoms with Crippen molar-refractivity contribution in [3.05, 3.63) is 34.7 Å². The van der Waals surface area contributed by atoms with Gasteiger partial charge in [-0.15, -0.1) is 0 Å². The molecule has 0 aromatic carbocycles. The molecular weight excluding hydrogens is 308 g/mol. The summed E-state index contributed by atoms with van der Waals surface area (Å²) in [6.07, 6.45) is 9.77. The number of nitrogens with zero attached hydrogens (tertiary/aromatic N) is 2. The van der Waals surface area contributed by atoms with E-state index in [4.69, 9.17) is 0 Å². The Bertz CT molecular complexity index is 558. The summed E-state index contributed by atoms with van der Waals surface area (Å²) < 4.78 is 1.76. The predicted octanol–water partition coefficient (Wildman–Crippen LogP) is 2.08. The first kappa shape index (κ1) is 17.9. The van der Waals surface area contributed by atoms with Gasteiger partial charge in [0.05, 0.1) is 0 Å². The van der Waals surface area contributed by atoms with E-state index in [1.165, 1.54) is 19.3 Å². The Morgan fingerprint density at radius 2 is 2.26 bits per heavy atom. The first-order valence-corrected chi connectivity index (χ1v) is 9.67. The summed E-state index contributed by atoms with van der Waals surface area (Å²) in [7, 11) is 1.82. The van der Waals surface area contributed by atoms with Crippen LogP contribution in [0.15, 0.2) is 34.2 Å². The van der Waals surface area contributed by atoms with Crippen LogP contribution in [-0.2, 0) is 6.54 Å². The number of nitrogens with one attached hydrogen (secondary N) is 2. The van der Waals surface area contributed by atoms with E-state index >= 15 is 0 Å². The van der Waals surface area contributed by atoms with Crippen molar-refractivity contribution in [1.82, 2.24) is 15.2 Å². The van der Waals surface area contributed by atoms with Crippen molar-refractivity contribution in [3.8, 4) is 0 Å². The third-order valence-corrected chi connectivity index (χ3v) is 5.39. The molecule has 23 heavy (non-hydrogen) atoms. The lowest BCUT2D eigenvalue weighted by atomic mass is 10.2. The second kappa shape index (κ2) is 9.65. The molecule has 2 rings (SSSR count). The van der Waals surface area contributed by atoms with Gasteiger partial charge in [-0.25, -0.2) is 0 Å². The highest BCUT2D eigenvalue weighted by Crippen LogP contribution is 2.27. The van der Waals surface area contributed by atoms with Crippen molar-refractivity contribution < 1.29 is 0 Å². The Morgan fingerprint density at radius 3 is 2.96 bits per heavy atom. The molecule has 2 unspecified atom stereocenters. The maximum atomic E-state index is 11.6. The van der Waals surface area contributed by atoms with E-state index < -0.39 is 0 Å². The minimum absolute atomic E-state index is 0.0718. The van der Waals surface area contributed by atoms with E-state index in [1.54, 1.807) is 16.7 Å². The molecule has 5 nitrogen and oxygen atoms in total. The highest BCUT2D eigenvalue weighted by atomic mass is 32.2. The number of rotatable bonds is 7. The molecule has 2 N–H and O–H groups in total. The normalized spacial score (nSPS) is 21.4. The van der Waals surface area contributed by atoms with Gasteiger partial charge in [-0.3, -0.25) is 9.79 Å². The predicted molar refractivity (Wildman–Crippen MR) is 99.4 cm³/mol. The van der Waals surface area contributed by atoms with Crippen molar-refractivity contribution in [1.29, 1.82) is 0 Å². The summed E-state index contributed by atoms with van der Waals surface area (Å²) in [6.45, 7) is 1.64. The molecule has 0 aliphatic heterocycles. The Labute approximate surface area is 143 Å². The molecule has 1 aromatic heterocycles. The van der Waals surface area contributed by atoms with Crippen LogP contribution in [0, 0.1) is 0 Å². The summed E-state index contributed by atoms with van der Waals surface area (Å²) in [5, 5.41) is 7.68. The van der Waals surface area contributed by atoms with Crippen LogP contribution in [0.2, 0.25) is 0 Å². The molecule has 6 heteroatoms. The molecule has 1 aliphatic rings. The fraction of sp³-hybridized carbons (Fsp3) is 0.647. The minimum Gasteiger partial charge on any atom is -0.356 e. The zero-order chi connectivity index (χ0) is 16.5. The van der Waals surface area contributed by atoms with E-state index in [9.17, 15) is 4.79 Å². The maximum absolute atomic E-state index is 11.6. The van der Waals surface area contributed by atoms with Crippen LogP contribution in [0.25, 0.3) is 0 Å². The summed E-state index contributed by atoms with van der Waals surface area (Å²) >= 11 is 1.97. The Kier molecular flexibility index (Phi) is 7.52. The molecule has 0 saturated heterocycles. The van der Waals surface area contributed by atoms with Gasteiger partial charge in [0.25, 0.3) is 0 Å². The number of pyridine rings is 1. The monoisotopic (exact) mass is 336 g/mol. The molecule has 2 atom stereocenters. The van der Waals surface area contributed by atoms with Gasteiger partial charge in [-0.05, 0) is 44.4 Å². The Hall–Kier alpha value is -1.43. The lowest BCUT2D eigenvalue weighted by Crippen LogP contribution is -2.42. The molecule has 0 spiro atoms. The van der Waals surface area contributed by atoms with Gasteiger partial charge in [0.2, 0.25) is 5.56 Å². The largest absolute Gasteiger partial charge is 0.356 e. The van der Waals surface area contributed by atoms with Crippen molar-refractivity contribution in [3.63, 3.8) is 0 Å². The minimum atomic E-state index is 0.0718. The van der Waals surface area contributed by atoms with Crippen LogP contribution in [0.4, 0.5) is 0 Å². The standard InChI is InChI=1S/C17H28N4OS/c1-18-17(20-14-8-9-15(13-14)23-2)19-10-4-6-12-21-11-5-3-7-16(21)22/h3,5,7,11,14-15H,4,6,8-10,12-13H2,1-2H3,(H2,18,19,20). The lowest BCUT2D eigenvalue weighted by Gasteiger charge is -2.17.